The van der Waals surface area contributed by atoms with Crippen molar-refractivity contribution in [2.24, 2.45) is 5.92 Å². The number of rotatable bonds is 7. The van der Waals surface area contributed by atoms with Gasteiger partial charge in [-0.3, -0.25) is 0 Å². The second-order valence-electron chi connectivity index (χ2n) is 6.11. The molecule has 3 heteroatoms. The molecule has 0 spiro atoms. The van der Waals surface area contributed by atoms with Crippen LogP contribution in [0.2, 0.25) is 5.02 Å². The van der Waals surface area contributed by atoms with E-state index in [0.717, 1.165) is 30.6 Å². The van der Waals surface area contributed by atoms with E-state index in [4.69, 9.17) is 16.3 Å². The number of halogens is 1. The molecule has 2 nitrogen and oxygen atoms in total. The summed E-state index contributed by atoms with van der Waals surface area (Å²) in [5.74, 6) is 1.39. The third-order valence-corrected chi connectivity index (χ3v) is 4.87. The Hall–Kier alpha value is -0.570. The third-order valence-electron chi connectivity index (χ3n) is 4.61. The zero-order valence-corrected chi connectivity index (χ0v) is 13.9. The van der Waals surface area contributed by atoms with E-state index in [0.29, 0.717) is 5.92 Å². The number of methoxy groups -OCH3 is 1. The van der Waals surface area contributed by atoms with Crippen molar-refractivity contribution >= 4 is 11.6 Å². The summed E-state index contributed by atoms with van der Waals surface area (Å²) in [4.78, 5) is 0. The third kappa shape index (κ3) is 5.61. The fraction of sp³-hybridized carbons (Fsp3) is 0.667. The van der Waals surface area contributed by atoms with E-state index in [1.54, 1.807) is 7.11 Å². The molecule has 0 heterocycles. The lowest BCUT2D eigenvalue weighted by Gasteiger charge is -2.27. The van der Waals surface area contributed by atoms with Crippen LogP contribution >= 0.6 is 11.6 Å². The van der Waals surface area contributed by atoms with Crippen LogP contribution in [-0.2, 0) is 4.74 Å². The van der Waals surface area contributed by atoms with Crippen molar-refractivity contribution in [1.29, 1.82) is 0 Å². The van der Waals surface area contributed by atoms with Crippen LogP contribution in [0.3, 0.4) is 0 Å². The maximum Gasteiger partial charge on any atom is 0.0587 e. The number of hydrogen-bond donors (Lipinski definition) is 1. The van der Waals surface area contributed by atoms with Crippen molar-refractivity contribution in [1.82, 2.24) is 5.32 Å². The normalized spacial score (nSPS) is 18.4. The fourth-order valence-corrected chi connectivity index (χ4v) is 3.54. The topological polar surface area (TPSA) is 21.3 Å². The van der Waals surface area contributed by atoms with Gasteiger partial charge in [0.1, 0.15) is 0 Å². The molecule has 0 radical (unpaired) electrons. The molecule has 1 aliphatic carbocycles. The van der Waals surface area contributed by atoms with E-state index < -0.39 is 0 Å². The summed E-state index contributed by atoms with van der Waals surface area (Å²) in [5.41, 5.74) is 1.43. The highest BCUT2D eigenvalue weighted by atomic mass is 35.5. The minimum absolute atomic E-state index is 0.595. The highest BCUT2D eigenvalue weighted by Gasteiger charge is 2.23. The molecule has 1 N–H and O–H groups in total. The summed E-state index contributed by atoms with van der Waals surface area (Å²) < 4.78 is 5.13. The lowest BCUT2D eigenvalue weighted by molar-refractivity contribution is 0.197. The van der Waals surface area contributed by atoms with E-state index in [1.165, 1.54) is 44.1 Å². The van der Waals surface area contributed by atoms with Crippen LogP contribution in [0.4, 0.5) is 0 Å². The van der Waals surface area contributed by atoms with Gasteiger partial charge in [0.25, 0.3) is 0 Å². The second kappa shape index (κ2) is 9.45. The van der Waals surface area contributed by atoms with Gasteiger partial charge in [0, 0.05) is 25.2 Å². The molecule has 0 aromatic heterocycles. The predicted octanol–water partition coefficient (Wildman–Crippen LogP) is 4.63. The Morgan fingerprint density at radius 1 is 1.14 bits per heavy atom. The van der Waals surface area contributed by atoms with Gasteiger partial charge in [-0.2, -0.15) is 0 Å². The van der Waals surface area contributed by atoms with E-state index in [-0.39, 0.29) is 0 Å². The van der Waals surface area contributed by atoms with Gasteiger partial charge in [-0.1, -0.05) is 49.4 Å². The largest absolute Gasteiger partial charge is 0.383 e. The Morgan fingerprint density at radius 2 is 1.81 bits per heavy atom. The molecule has 0 amide bonds. The Labute approximate surface area is 134 Å². The predicted molar refractivity (Wildman–Crippen MR) is 90.1 cm³/mol. The first kappa shape index (κ1) is 16.8. The SMILES string of the molecule is COCCNCC(c1ccc(Cl)cc1)C1CCCCCC1. The number of nitrogens with one attached hydrogen (secondary N) is 1. The first-order valence-electron chi connectivity index (χ1n) is 8.26. The molecule has 0 aliphatic heterocycles. The maximum atomic E-state index is 6.04. The summed E-state index contributed by atoms with van der Waals surface area (Å²) in [6.07, 6.45) is 8.29. The van der Waals surface area contributed by atoms with Gasteiger partial charge >= 0.3 is 0 Å². The average Bonchev–Trinajstić information content (AvgIpc) is 2.78. The van der Waals surface area contributed by atoms with E-state index in [2.05, 4.69) is 17.4 Å². The van der Waals surface area contributed by atoms with Crippen LogP contribution < -0.4 is 5.32 Å². The van der Waals surface area contributed by atoms with Gasteiger partial charge in [0.05, 0.1) is 6.61 Å². The molecular formula is C18H28ClNO. The Balaban J connectivity index is 2.03. The van der Waals surface area contributed by atoms with Crippen LogP contribution in [0.15, 0.2) is 24.3 Å². The number of hydrogen-bond acceptors (Lipinski definition) is 2. The summed E-state index contributed by atoms with van der Waals surface area (Å²) >= 11 is 6.04. The molecule has 1 unspecified atom stereocenters. The molecular weight excluding hydrogens is 282 g/mol. The quantitative estimate of drug-likeness (QED) is 0.585. The molecule has 2 rings (SSSR count). The van der Waals surface area contributed by atoms with Gasteiger partial charge in [0.15, 0.2) is 0 Å². The molecule has 0 saturated heterocycles. The van der Waals surface area contributed by atoms with Crippen molar-refractivity contribution in [3.63, 3.8) is 0 Å². The fourth-order valence-electron chi connectivity index (χ4n) is 3.41. The minimum atomic E-state index is 0.595. The summed E-state index contributed by atoms with van der Waals surface area (Å²) in [6.45, 7) is 2.74. The minimum Gasteiger partial charge on any atom is -0.383 e. The second-order valence-corrected chi connectivity index (χ2v) is 6.54. The van der Waals surface area contributed by atoms with Gasteiger partial charge in [-0.25, -0.2) is 0 Å². The zero-order valence-electron chi connectivity index (χ0n) is 13.1. The van der Waals surface area contributed by atoms with E-state index >= 15 is 0 Å². The summed E-state index contributed by atoms with van der Waals surface area (Å²) in [7, 11) is 1.75. The molecule has 1 aromatic rings. The molecule has 1 fully saturated rings. The van der Waals surface area contributed by atoms with Gasteiger partial charge < -0.3 is 10.1 Å². The molecule has 118 valence electrons. The van der Waals surface area contributed by atoms with Crippen LogP contribution in [-0.4, -0.2) is 26.8 Å². The first-order chi connectivity index (χ1) is 10.3. The van der Waals surface area contributed by atoms with Crippen LogP contribution in [0, 0.1) is 5.92 Å². The molecule has 1 aliphatic rings. The smallest absolute Gasteiger partial charge is 0.0587 e. The molecule has 1 aromatic carbocycles. The van der Waals surface area contributed by atoms with Crippen LogP contribution in [0.1, 0.15) is 50.0 Å². The lowest BCUT2D eigenvalue weighted by Crippen LogP contribution is -2.29. The van der Waals surface area contributed by atoms with Crippen molar-refractivity contribution < 1.29 is 4.74 Å². The van der Waals surface area contributed by atoms with Crippen molar-refractivity contribution in [2.45, 2.75) is 44.4 Å². The summed E-state index contributed by atoms with van der Waals surface area (Å²) in [6, 6.07) is 8.46. The van der Waals surface area contributed by atoms with Crippen LogP contribution in [0.25, 0.3) is 0 Å². The molecule has 1 saturated carbocycles. The zero-order chi connectivity index (χ0) is 14.9. The van der Waals surface area contributed by atoms with Crippen molar-refractivity contribution in [3.8, 4) is 0 Å². The van der Waals surface area contributed by atoms with Gasteiger partial charge in [-0.05, 0) is 42.4 Å². The van der Waals surface area contributed by atoms with Gasteiger partial charge in [0.2, 0.25) is 0 Å². The maximum absolute atomic E-state index is 6.04. The van der Waals surface area contributed by atoms with Crippen LogP contribution in [0.5, 0.6) is 0 Å². The van der Waals surface area contributed by atoms with E-state index in [1.807, 2.05) is 12.1 Å². The van der Waals surface area contributed by atoms with Crippen molar-refractivity contribution in [2.75, 3.05) is 26.8 Å². The highest BCUT2D eigenvalue weighted by Crippen LogP contribution is 2.35. The number of benzene rings is 1. The van der Waals surface area contributed by atoms with Crippen molar-refractivity contribution in [3.05, 3.63) is 34.9 Å². The molecule has 1 atom stereocenters. The average molecular weight is 310 g/mol. The first-order valence-corrected chi connectivity index (χ1v) is 8.64. The number of ether oxygens (including phenoxy) is 1. The molecule has 0 bridgehead atoms. The Bertz CT molecular complexity index is 385. The standard InChI is InChI=1S/C18H28ClNO/c1-21-13-12-20-14-18(15-6-4-2-3-5-7-15)16-8-10-17(19)11-9-16/h8-11,15,18,20H,2-7,12-14H2,1H3. The monoisotopic (exact) mass is 309 g/mol. The molecule has 21 heavy (non-hydrogen) atoms. The van der Waals surface area contributed by atoms with Gasteiger partial charge in [-0.15, -0.1) is 0 Å². The highest BCUT2D eigenvalue weighted by molar-refractivity contribution is 6.30. The lowest BCUT2D eigenvalue weighted by atomic mass is 9.81. The summed E-state index contributed by atoms with van der Waals surface area (Å²) in [5, 5.41) is 4.38. The Morgan fingerprint density at radius 3 is 2.43 bits per heavy atom. The van der Waals surface area contributed by atoms with E-state index in [9.17, 15) is 0 Å². The Kier molecular flexibility index (Phi) is 7.56.